The molecule has 2 aliphatic rings. The second-order valence-electron chi connectivity index (χ2n) is 4.17. The average molecular weight is 245 g/mol. The molecule has 1 unspecified atom stereocenters. The highest BCUT2D eigenvalue weighted by molar-refractivity contribution is 5.85. The number of carbonyl (C=O) groups is 2. The van der Waals surface area contributed by atoms with Crippen molar-refractivity contribution in [1.82, 2.24) is 10.6 Å². The Morgan fingerprint density at radius 3 is 3.11 bits per heavy atom. The first-order chi connectivity index (χ1) is 8.65. The summed E-state index contributed by atoms with van der Waals surface area (Å²) in [5.41, 5.74) is 1.85. The molecule has 2 amide bonds. The summed E-state index contributed by atoms with van der Waals surface area (Å²) in [6, 6.07) is 0.172. The number of fused-ring (bicyclic) bond motifs is 1. The van der Waals surface area contributed by atoms with Gasteiger partial charge in [0.2, 0.25) is 11.8 Å². The van der Waals surface area contributed by atoms with Crippen LogP contribution in [0.2, 0.25) is 0 Å². The van der Waals surface area contributed by atoms with Crippen LogP contribution in [0.25, 0.3) is 0 Å². The summed E-state index contributed by atoms with van der Waals surface area (Å²) in [5.74, 6) is -0.444. The third-order valence-electron chi connectivity index (χ3n) is 2.69. The fourth-order valence-electron chi connectivity index (χ4n) is 1.82. The third kappa shape index (κ3) is 3.16. The van der Waals surface area contributed by atoms with Crippen LogP contribution < -0.4 is 10.6 Å². The number of amides is 2. The van der Waals surface area contributed by atoms with Gasteiger partial charge >= 0.3 is 0 Å². The van der Waals surface area contributed by atoms with Gasteiger partial charge in [0.15, 0.2) is 0 Å². The SMILES string of the molecule is CC(=O)NCC(=O)NC1=CCC2N=CC=CC2=C1. The molecule has 5 heteroatoms. The fourth-order valence-corrected chi connectivity index (χ4v) is 1.82. The molecule has 0 aromatic rings. The number of nitrogens with one attached hydrogen (secondary N) is 2. The maximum atomic E-state index is 11.5. The molecule has 18 heavy (non-hydrogen) atoms. The van der Waals surface area contributed by atoms with Gasteiger partial charge in [0.1, 0.15) is 0 Å². The Balaban J connectivity index is 1.91. The summed E-state index contributed by atoms with van der Waals surface area (Å²) in [4.78, 5) is 26.5. The van der Waals surface area contributed by atoms with Crippen molar-refractivity contribution in [2.24, 2.45) is 4.99 Å². The molecule has 0 radical (unpaired) electrons. The van der Waals surface area contributed by atoms with E-state index in [1.807, 2.05) is 24.3 Å². The molecule has 0 saturated heterocycles. The second kappa shape index (κ2) is 5.44. The zero-order chi connectivity index (χ0) is 13.0. The predicted octanol–water partition coefficient (Wildman–Crippen LogP) is 0.462. The van der Waals surface area contributed by atoms with Gasteiger partial charge in [-0.25, -0.2) is 0 Å². The van der Waals surface area contributed by atoms with Crippen LogP contribution in [-0.2, 0) is 9.59 Å². The lowest BCUT2D eigenvalue weighted by atomic mass is 9.96. The van der Waals surface area contributed by atoms with Gasteiger partial charge in [-0.1, -0.05) is 12.2 Å². The standard InChI is InChI=1S/C13H15N3O2/c1-9(17)15-8-13(18)16-11-4-5-12-10(7-11)3-2-6-14-12/h2-4,6-7,12H,5,8H2,1H3,(H,15,17)(H,16,18). The summed E-state index contributed by atoms with van der Waals surface area (Å²) < 4.78 is 0. The first-order valence-corrected chi connectivity index (χ1v) is 5.81. The van der Waals surface area contributed by atoms with E-state index in [-0.39, 0.29) is 24.4 Å². The molecular formula is C13H15N3O2. The monoisotopic (exact) mass is 245 g/mol. The number of carbonyl (C=O) groups excluding carboxylic acids is 2. The minimum absolute atomic E-state index is 0.00668. The Hall–Kier alpha value is -2.17. The Morgan fingerprint density at radius 2 is 2.33 bits per heavy atom. The number of rotatable bonds is 3. The van der Waals surface area contributed by atoms with E-state index in [2.05, 4.69) is 15.6 Å². The summed E-state index contributed by atoms with van der Waals surface area (Å²) in [7, 11) is 0. The van der Waals surface area contributed by atoms with Crippen LogP contribution in [0.5, 0.6) is 0 Å². The average Bonchev–Trinajstić information content (AvgIpc) is 2.36. The molecule has 1 aliphatic heterocycles. The predicted molar refractivity (Wildman–Crippen MR) is 69.0 cm³/mol. The van der Waals surface area contributed by atoms with Crippen LogP contribution in [0, 0.1) is 0 Å². The highest BCUT2D eigenvalue weighted by Crippen LogP contribution is 2.22. The van der Waals surface area contributed by atoms with E-state index in [1.165, 1.54) is 6.92 Å². The van der Waals surface area contributed by atoms with Gasteiger partial charge in [0.05, 0.1) is 12.6 Å². The minimum Gasteiger partial charge on any atom is -0.347 e. The van der Waals surface area contributed by atoms with Gasteiger partial charge in [0, 0.05) is 18.8 Å². The van der Waals surface area contributed by atoms with Crippen LogP contribution in [-0.4, -0.2) is 30.6 Å². The molecular weight excluding hydrogens is 230 g/mol. The molecule has 5 nitrogen and oxygen atoms in total. The molecule has 1 aliphatic carbocycles. The first kappa shape index (κ1) is 12.3. The van der Waals surface area contributed by atoms with Gasteiger partial charge in [-0.15, -0.1) is 0 Å². The largest absolute Gasteiger partial charge is 0.347 e. The van der Waals surface area contributed by atoms with Crippen LogP contribution in [0.4, 0.5) is 0 Å². The molecule has 1 heterocycles. The fraction of sp³-hybridized carbons (Fsp3) is 0.308. The minimum atomic E-state index is -0.227. The van der Waals surface area contributed by atoms with E-state index in [9.17, 15) is 9.59 Å². The van der Waals surface area contributed by atoms with Gasteiger partial charge in [0.25, 0.3) is 0 Å². The lowest BCUT2D eigenvalue weighted by molar-refractivity contribution is -0.124. The van der Waals surface area contributed by atoms with Crippen molar-refractivity contribution in [3.63, 3.8) is 0 Å². The highest BCUT2D eigenvalue weighted by Gasteiger charge is 2.17. The lowest BCUT2D eigenvalue weighted by Gasteiger charge is -2.20. The number of aliphatic imine (C=N–C) groups is 1. The maximum absolute atomic E-state index is 11.5. The molecule has 94 valence electrons. The quantitative estimate of drug-likeness (QED) is 0.758. The van der Waals surface area contributed by atoms with Gasteiger partial charge < -0.3 is 10.6 Å². The van der Waals surface area contributed by atoms with Crippen molar-refractivity contribution in [3.05, 3.63) is 35.6 Å². The molecule has 0 aromatic carbocycles. The van der Waals surface area contributed by atoms with Crippen molar-refractivity contribution >= 4 is 18.0 Å². The Bertz CT molecular complexity index is 486. The van der Waals surface area contributed by atoms with Crippen LogP contribution in [0.1, 0.15) is 13.3 Å². The lowest BCUT2D eigenvalue weighted by Crippen LogP contribution is -2.35. The van der Waals surface area contributed by atoms with E-state index in [0.717, 1.165) is 17.7 Å². The molecule has 0 fully saturated rings. The molecule has 0 bridgehead atoms. The van der Waals surface area contributed by atoms with E-state index in [1.54, 1.807) is 6.21 Å². The van der Waals surface area contributed by atoms with E-state index >= 15 is 0 Å². The molecule has 2 rings (SSSR count). The van der Waals surface area contributed by atoms with Crippen LogP contribution in [0.3, 0.4) is 0 Å². The van der Waals surface area contributed by atoms with E-state index in [4.69, 9.17) is 0 Å². The third-order valence-corrected chi connectivity index (χ3v) is 2.69. The van der Waals surface area contributed by atoms with Gasteiger partial charge in [-0.3, -0.25) is 14.6 Å². The Kier molecular flexibility index (Phi) is 3.72. The Morgan fingerprint density at radius 1 is 1.50 bits per heavy atom. The number of dihydropyridines is 1. The summed E-state index contributed by atoms with van der Waals surface area (Å²) in [6.45, 7) is 1.37. The highest BCUT2D eigenvalue weighted by atomic mass is 16.2. The second-order valence-corrected chi connectivity index (χ2v) is 4.17. The van der Waals surface area contributed by atoms with Crippen LogP contribution >= 0.6 is 0 Å². The molecule has 0 saturated carbocycles. The molecule has 0 spiro atoms. The summed E-state index contributed by atoms with van der Waals surface area (Å²) in [5, 5.41) is 5.21. The van der Waals surface area contributed by atoms with Crippen molar-refractivity contribution in [2.75, 3.05) is 6.54 Å². The van der Waals surface area contributed by atoms with E-state index in [0.29, 0.717) is 0 Å². The number of allylic oxidation sites excluding steroid dienone is 2. The van der Waals surface area contributed by atoms with Crippen molar-refractivity contribution in [1.29, 1.82) is 0 Å². The van der Waals surface area contributed by atoms with Crippen molar-refractivity contribution in [2.45, 2.75) is 19.4 Å². The zero-order valence-electron chi connectivity index (χ0n) is 10.1. The molecule has 0 aromatic heterocycles. The maximum Gasteiger partial charge on any atom is 0.243 e. The summed E-state index contributed by atoms with van der Waals surface area (Å²) >= 11 is 0. The van der Waals surface area contributed by atoms with Gasteiger partial charge in [-0.05, 0) is 24.1 Å². The molecule has 2 N–H and O–H groups in total. The number of nitrogens with zero attached hydrogens (tertiary/aromatic N) is 1. The van der Waals surface area contributed by atoms with Crippen molar-refractivity contribution < 1.29 is 9.59 Å². The normalized spacial score (nSPS) is 20.6. The van der Waals surface area contributed by atoms with Gasteiger partial charge in [-0.2, -0.15) is 0 Å². The number of hydrogen-bond acceptors (Lipinski definition) is 3. The zero-order valence-corrected chi connectivity index (χ0v) is 10.1. The molecule has 1 atom stereocenters. The van der Waals surface area contributed by atoms with Crippen LogP contribution in [0.15, 0.2) is 40.6 Å². The first-order valence-electron chi connectivity index (χ1n) is 5.81. The number of hydrogen-bond donors (Lipinski definition) is 2. The van der Waals surface area contributed by atoms with Crippen molar-refractivity contribution in [3.8, 4) is 0 Å². The Labute approximate surface area is 105 Å². The summed E-state index contributed by atoms with van der Waals surface area (Å²) in [6.07, 6.45) is 10.3. The van der Waals surface area contributed by atoms with E-state index < -0.39 is 0 Å². The topological polar surface area (TPSA) is 70.6 Å². The smallest absolute Gasteiger partial charge is 0.243 e.